The molecule has 5 heteroatoms. The molecule has 0 radical (unpaired) electrons. The Morgan fingerprint density at radius 3 is 2.67 bits per heavy atom. The second-order valence-electron chi connectivity index (χ2n) is 3.76. The minimum atomic E-state index is 0.273. The molecule has 0 aliphatic rings. The zero-order valence-corrected chi connectivity index (χ0v) is 11.0. The summed E-state index contributed by atoms with van der Waals surface area (Å²) in [5, 5.41) is 12.8. The molecule has 1 N–H and O–H groups in total. The first kappa shape index (κ1) is 12.7. The first-order valence-corrected chi connectivity index (χ1v) is 5.95. The number of rotatable bonds is 2. The van der Waals surface area contributed by atoms with E-state index in [0.29, 0.717) is 16.4 Å². The molecule has 0 aliphatic heterocycles. The van der Waals surface area contributed by atoms with Crippen molar-refractivity contribution in [2.45, 2.75) is 6.92 Å². The van der Waals surface area contributed by atoms with Gasteiger partial charge in [0.15, 0.2) is 0 Å². The molecule has 3 nitrogen and oxygen atoms in total. The third-order valence-electron chi connectivity index (χ3n) is 2.37. The summed E-state index contributed by atoms with van der Waals surface area (Å²) in [5.74, 6) is 0.513. The van der Waals surface area contributed by atoms with Gasteiger partial charge in [-0.1, -0.05) is 29.3 Å². The monoisotopic (exact) mass is 277 g/mol. The van der Waals surface area contributed by atoms with Gasteiger partial charge in [0, 0.05) is 10.7 Å². The van der Waals surface area contributed by atoms with E-state index in [1.165, 1.54) is 6.07 Å². The smallest absolute Gasteiger partial charge is 0.133 e. The van der Waals surface area contributed by atoms with E-state index in [9.17, 15) is 0 Å². The van der Waals surface area contributed by atoms with E-state index in [1.807, 2.05) is 25.1 Å². The predicted molar refractivity (Wildman–Crippen MR) is 73.4 cm³/mol. The van der Waals surface area contributed by atoms with Gasteiger partial charge < -0.3 is 5.32 Å². The quantitative estimate of drug-likeness (QED) is 0.832. The summed E-state index contributed by atoms with van der Waals surface area (Å²) in [6.45, 7) is 1.93. The second-order valence-corrected chi connectivity index (χ2v) is 4.56. The first-order valence-electron chi connectivity index (χ1n) is 5.19. The van der Waals surface area contributed by atoms with Gasteiger partial charge in [0.2, 0.25) is 0 Å². The van der Waals surface area contributed by atoms with Gasteiger partial charge in [-0.3, -0.25) is 0 Å². The van der Waals surface area contributed by atoms with E-state index in [2.05, 4.69) is 10.3 Å². The minimum Gasteiger partial charge on any atom is -0.340 e. The minimum absolute atomic E-state index is 0.273. The second kappa shape index (κ2) is 5.26. The summed E-state index contributed by atoms with van der Waals surface area (Å²) in [7, 11) is 0. The summed E-state index contributed by atoms with van der Waals surface area (Å²) in [4.78, 5) is 4.09. The van der Waals surface area contributed by atoms with Gasteiger partial charge in [-0.2, -0.15) is 5.26 Å². The third kappa shape index (κ3) is 2.92. The van der Waals surface area contributed by atoms with Crippen LogP contribution < -0.4 is 5.32 Å². The Morgan fingerprint density at radius 1 is 1.22 bits per heavy atom. The van der Waals surface area contributed by atoms with Gasteiger partial charge in [0.25, 0.3) is 0 Å². The highest BCUT2D eigenvalue weighted by Gasteiger charge is 2.03. The normalized spacial score (nSPS) is 9.89. The largest absolute Gasteiger partial charge is 0.340 e. The summed E-state index contributed by atoms with van der Waals surface area (Å²) in [5.41, 5.74) is 2.25. The number of halogens is 2. The number of nitrogens with zero attached hydrogens (tertiary/aromatic N) is 2. The van der Waals surface area contributed by atoms with E-state index in [0.717, 1.165) is 11.3 Å². The van der Waals surface area contributed by atoms with E-state index in [4.69, 9.17) is 28.5 Å². The number of aromatic nitrogens is 1. The van der Waals surface area contributed by atoms with Crippen LogP contribution in [0.25, 0.3) is 0 Å². The molecule has 0 atom stereocenters. The van der Waals surface area contributed by atoms with Crippen LogP contribution in [0.2, 0.25) is 10.2 Å². The third-order valence-corrected chi connectivity index (χ3v) is 2.97. The Morgan fingerprint density at radius 2 is 2.00 bits per heavy atom. The van der Waals surface area contributed by atoms with E-state index in [1.54, 1.807) is 12.1 Å². The highest BCUT2D eigenvalue weighted by Crippen LogP contribution is 2.23. The molecule has 1 aromatic heterocycles. The Bertz CT molecular complexity index is 633. The van der Waals surface area contributed by atoms with Crippen LogP contribution in [0.15, 0.2) is 30.3 Å². The lowest BCUT2D eigenvalue weighted by Crippen LogP contribution is -1.95. The average molecular weight is 278 g/mol. The van der Waals surface area contributed by atoms with Gasteiger partial charge in [-0.25, -0.2) is 4.98 Å². The van der Waals surface area contributed by atoms with Crippen molar-refractivity contribution in [3.8, 4) is 6.07 Å². The van der Waals surface area contributed by atoms with Crippen LogP contribution in [0.1, 0.15) is 11.1 Å². The molecule has 0 fully saturated rings. The van der Waals surface area contributed by atoms with E-state index in [-0.39, 0.29) is 5.15 Å². The number of hydrogen-bond acceptors (Lipinski definition) is 3. The van der Waals surface area contributed by atoms with Gasteiger partial charge in [0.1, 0.15) is 11.0 Å². The lowest BCUT2D eigenvalue weighted by molar-refractivity contribution is 1.29. The van der Waals surface area contributed by atoms with Crippen molar-refractivity contribution in [1.29, 1.82) is 5.26 Å². The van der Waals surface area contributed by atoms with Gasteiger partial charge in [-0.15, -0.1) is 0 Å². The number of nitrogens with one attached hydrogen (secondary N) is 1. The van der Waals surface area contributed by atoms with Crippen LogP contribution in [0, 0.1) is 18.3 Å². The SMILES string of the molecule is Cc1ccc(Nc2cc(C#N)cc(Cl)n2)cc1Cl. The molecular formula is C13H9Cl2N3. The van der Waals surface area contributed by atoms with Crippen molar-refractivity contribution in [1.82, 2.24) is 4.98 Å². The molecule has 0 saturated carbocycles. The molecule has 0 spiro atoms. The Kier molecular flexibility index (Phi) is 3.71. The number of pyridine rings is 1. The lowest BCUT2D eigenvalue weighted by Gasteiger charge is -2.07. The molecule has 0 bridgehead atoms. The first-order chi connectivity index (χ1) is 8.58. The van der Waals surface area contributed by atoms with Crippen molar-refractivity contribution in [3.63, 3.8) is 0 Å². The number of aryl methyl sites for hydroxylation is 1. The molecule has 2 aromatic rings. The molecule has 90 valence electrons. The van der Waals surface area contributed by atoms with Crippen LogP contribution in [0.3, 0.4) is 0 Å². The maximum atomic E-state index is 8.85. The maximum absolute atomic E-state index is 8.85. The summed E-state index contributed by atoms with van der Waals surface area (Å²) in [6.07, 6.45) is 0. The van der Waals surface area contributed by atoms with Crippen molar-refractivity contribution in [2.75, 3.05) is 5.32 Å². The highest BCUT2D eigenvalue weighted by molar-refractivity contribution is 6.31. The molecule has 0 aliphatic carbocycles. The van der Waals surface area contributed by atoms with Gasteiger partial charge >= 0.3 is 0 Å². The molecule has 1 aromatic carbocycles. The molecular weight excluding hydrogens is 269 g/mol. The predicted octanol–water partition coefficient (Wildman–Crippen LogP) is 4.31. The molecule has 0 amide bonds. The number of benzene rings is 1. The Labute approximate surface area is 115 Å². The standard InChI is InChI=1S/C13H9Cl2N3/c1-8-2-3-10(6-11(8)14)17-13-5-9(7-16)4-12(15)18-13/h2-6H,1H3,(H,17,18). The molecule has 0 saturated heterocycles. The molecule has 18 heavy (non-hydrogen) atoms. The van der Waals surface area contributed by atoms with Crippen LogP contribution in [-0.4, -0.2) is 4.98 Å². The van der Waals surface area contributed by atoms with Crippen molar-refractivity contribution < 1.29 is 0 Å². The Balaban J connectivity index is 2.31. The summed E-state index contributed by atoms with van der Waals surface area (Å²) >= 11 is 11.9. The summed E-state index contributed by atoms with van der Waals surface area (Å²) in [6, 6.07) is 10.7. The fraction of sp³-hybridized carbons (Fsp3) is 0.0769. The van der Waals surface area contributed by atoms with Crippen LogP contribution in [0.4, 0.5) is 11.5 Å². The van der Waals surface area contributed by atoms with Crippen molar-refractivity contribution in [2.24, 2.45) is 0 Å². The molecule has 2 rings (SSSR count). The topological polar surface area (TPSA) is 48.7 Å². The van der Waals surface area contributed by atoms with Gasteiger partial charge in [0.05, 0.1) is 11.6 Å². The summed E-state index contributed by atoms with van der Waals surface area (Å²) < 4.78 is 0. The highest BCUT2D eigenvalue weighted by atomic mass is 35.5. The van der Waals surface area contributed by atoms with Gasteiger partial charge in [-0.05, 0) is 36.8 Å². The number of anilines is 2. The number of hydrogen-bond donors (Lipinski definition) is 1. The fourth-order valence-corrected chi connectivity index (χ4v) is 1.83. The zero-order chi connectivity index (χ0) is 13.1. The van der Waals surface area contributed by atoms with Crippen LogP contribution in [-0.2, 0) is 0 Å². The Hall–Kier alpha value is -1.76. The van der Waals surface area contributed by atoms with Crippen molar-refractivity contribution >= 4 is 34.7 Å². The van der Waals surface area contributed by atoms with Crippen LogP contribution >= 0.6 is 23.2 Å². The number of nitriles is 1. The molecule has 1 heterocycles. The average Bonchev–Trinajstić information content (AvgIpc) is 2.33. The van der Waals surface area contributed by atoms with E-state index < -0.39 is 0 Å². The lowest BCUT2D eigenvalue weighted by atomic mass is 10.2. The molecule has 0 unspecified atom stereocenters. The zero-order valence-electron chi connectivity index (χ0n) is 9.54. The fourth-order valence-electron chi connectivity index (χ4n) is 1.44. The van der Waals surface area contributed by atoms with Crippen molar-refractivity contribution in [3.05, 3.63) is 51.6 Å². The van der Waals surface area contributed by atoms with Crippen LogP contribution in [0.5, 0.6) is 0 Å². The van der Waals surface area contributed by atoms with E-state index >= 15 is 0 Å². The maximum Gasteiger partial charge on any atom is 0.133 e.